The molecule has 0 amide bonds. The molecule has 0 aliphatic carbocycles. The van der Waals surface area contributed by atoms with Crippen LogP contribution in [0, 0.1) is 10.1 Å². The molecule has 0 N–H and O–H groups in total. The Balaban J connectivity index is 1.45. The van der Waals surface area contributed by atoms with Gasteiger partial charge in [0.05, 0.1) is 16.1 Å². The van der Waals surface area contributed by atoms with Crippen LogP contribution in [-0.2, 0) is 0 Å². The quantitative estimate of drug-likeness (QED) is 0.254. The van der Waals surface area contributed by atoms with Gasteiger partial charge in [-0.25, -0.2) is 4.09 Å². The van der Waals surface area contributed by atoms with Gasteiger partial charge in [-0.1, -0.05) is 18.2 Å². The van der Waals surface area contributed by atoms with E-state index in [1.807, 2.05) is 66.6 Å². The van der Waals surface area contributed by atoms with Crippen LogP contribution in [0.1, 0.15) is 11.3 Å². The second kappa shape index (κ2) is 7.93. The minimum Gasteiger partial charge on any atom is -0.454 e. The van der Waals surface area contributed by atoms with Gasteiger partial charge < -0.3 is 14.4 Å². The first-order valence-electron chi connectivity index (χ1n) is 9.77. The molecule has 5 rings (SSSR count). The van der Waals surface area contributed by atoms with Crippen LogP contribution >= 0.6 is 12.8 Å². The average molecular weight is 446 g/mol. The molecule has 1 aromatic heterocycles. The number of benzene rings is 3. The Kier molecular flexibility index (Phi) is 4.95. The van der Waals surface area contributed by atoms with Crippen LogP contribution in [0.3, 0.4) is 0 Å². The van der Waals surface area contributed by atoms with E-state index in [0.29, 0.717) is 5.69 Å². The number of thiol groups is 1. The van der Waals surface area contributed by atoms with E-state index in [1.165, 1.54) is 10.2 Å². The van der Waals surface area contributed by atoms with Gasteiger partial charge in [-0.3, -0.25) is 10.1 Å². The third kappa shape index (κ3) is 3.63. The summed E-state index contributed by atoms with van der Waals surface area (Å²) in [6.45, 7) is 0.240. The summed E-state index contributed by atoms with van der Waals surface area (Å²) in [6, 6.07) is 18.1. The standard InChI is InChI=1S/C23H18N4O4S/c1-25(16-3-2-4-18(12-16)27(28)29)17-7-8-19-20(24-26(32)21(19)13-17)9-5-15-6-10-22-23(11-15)31-14-30-22/h2-13,32H,14H2,1H3/b9-5+. The van der Waals surface area contributed by atoms with E-state index in [2.05, 4.69) is 17.9 Å². The van der Waals surface area contributed by atoms with Crippen LogP contribution in [0.2, 0.25) is 0 Å². The third-order valence-electron chi connectivity index (χ3n) is 5.32. The summed E-state index contributed by atoms with van der Waals surface area (Å²) in [7, 11) is 1.86. The molecule has 3 aromatic carbocycles. The van der Waals surface area contributed by atoms with Crippen molar-refractivity contribution in [2.24, 2.45) is 0 Å². The number of ether oxygens (including phenoxy) is 2. The van der Waals surface area contributed by atoms with Crippen molar-refractivity contribution in [3.05, 3.63) is 82.0 Å². The lowest BCUT2D eigenvalue weighted by Gasteiger charge is -2.19. The number of anilines is 2. The number of nitrogens with zero attached hydrogens (tertiary/aromatic N) is 4. The van der Waals surface area contributed by atoms with Crippen molar-refractivity contribution in [2.45, 2.75) is 0 Å². The number of fused-ring (bicyclic) bond motifs is 2. The summed E-state index contributed by atoms with van der Waals surface area (Å²) in [6.07, 6.45) is 3.89. The molecule has 1 aliphatic rings. The molecular weight excluding hydrogens is 428 g/mol. The van der Waals surface area contributed by atoms with Crippen molar-refractivity contribution in [2.75, 3.05) is 18.7 Å². The summed E-state index contributed by atoms with van der Waals surface area (Å²) >= 11 is 4.48. The van der Waals surface area contributed by atoms with Gasteiger partial charge in [0.25, 0.3) is 5.69 Å². The van der Waals surface area contributed by atoms with Crippen LogP contribution in [0.15, 0.2) is 60.7 Å². The van der Waals surface area contributed by atoms with Crippen LogP contribution in [0.25, 0.3) is 23.1 Å². The molecule has 32 heavy (non-hydrogen) atoms. The van der Waals surface area contributed by atoms with Gasteiger partial charge in [-0.2, -0.15) is 5.10 Å². The fourth-order valence-electron chi connectivity index (χ4n) is 3.60. The van der Waals surface area contributed by atoms with E-state index < -0.39 is 4.92 Å². The normalized spacial score (nSPS) is 12.6. The zero-order chi connectivity index (χ0) is 22.2. The van der Waals surface area contributed by atoms with Gasteiger partial charge in [-0.15, -0.1) is 0 Å². The molecule has 0 saturated carbocycles. The van der Waals surface area contributed by atoms with Gasteiger partial charge in [0.2, 0.25) is 6.79 Å². The molecule has 0 fully saturated rings. The second-order valence-electron chi connectivity index (χ2n) is 7.26. The van der Waals surface area contributed by atoms with E-state index in [0.717, 1.165) is 39.3 Å². The molecule has 9 heteroatoms. The number of hydrogen-bond donors (Lipinski definition) is 1. The van der Waals surface area contributed by atoms with Crippen LogP contribution in [0.5, 0.6) is 11.5 Å². The summed E-state index contributed by atoms with van der Waals surface area (Å²) < 4.78 is 12.3. The largest absolute Gasteiger partial charge is 0.454 e. The maximum absolute atomic E-state index is 11.1. The number of hydrogen-bond acceptors (Lipinski definition) is 7. The molecule has 1 aliphatic heterocycles. The highest BCUT2D eigenvalue weighted by molar-refractivity contribution is 7.78. The van der Waals surface area contributed by atoms with Crippen molar-refractivity contribution in [1.29, 1.82) is 0 Å². The van der Waals surface area contributed by atoms with Gasteiger partial charge in [0, 0.05) is 35.9 Å². The van der Waals surface area contributed by atoms with Crippen molar-refractivity contribution < 1.29 is 14.4 Å². The molecule has 4 aromatic rings. The van der Waals surface area contributed by atoms with Crippen molar-refractivity contribution in [1.82, 2.24) is 9.19 Å². The van der Waals surface area contributed by atoms with E-state index in [1.54, 1.807) is 12.1 Å². The van der Waals surface area contributed by atoms with Crippen molar-refractivity contribution in [3.8, 4) is 11.5 Å². The molecule has 8 nitrogen and oxygen atoms in total. The second-order valence-corrected chi connectivity index (χ2v) is 7.64. The zero-order valence-electron chi connectivity index (χ0n) is 17.0. The maximum atomic E-state index is 11.1. The molecule has 160 valence electrons. The van der Waals surface area contributed by atoms with Crippen LogP contribution in [-0.4, -0.2) is 27.9 Å². The number of nitro benzene ring substituents is 1. The van der Waals surface area contributed by atoms with E-state index in [4.69, 9.17) is 9.47 Å². The third-order valence-corrected chi connectivity index (χ3v) is 5.63. The van der Waals surface area contributed by atoms with Gasteiger partial charge >= 0.3 is 0 Å². The molecule has 0 spiro atoms. The van der Waals surface area contributed by atoms with Gasteiger partial charge in [0.1, 0.15) is 0 Å². The van der Waals surface area contributed by atoms with Crippen molar-refractivity contribution >= 4 is 52.9 Å². The molecular formula is C23H18N4O4S. The van der Waals surface area contributed by atoms with Crippen LogP contribution < -0.4 is 14.4 Å². The SMILES string of the molecule is CN(c1cccc([N+](=O)[O-])c1)c1ccc2c(/C=C/c3ccc4c(c3)OCO4)nn(S)c2c1. The fourth-order valence-corrected chi connectivity index (χ4v) is 3.86. The smallest absolute Gasteiger partial charge is 0.271 e. The van der Waals surface area contributed by atoms with E-state index >= 15 is 0 Å². The predicted octanol–water partition coefficient (Wildman–Crippen LogP) is 5.30. The Labute approximate surface area is 189 Å². The Bertz CT molecular complexity index is 1380. The Morgan fingerprint density at radius 2 is 1.88 bits per heavy atom. The number of nitro groups is 1. The highest BCUT2D eigenvalue weighted by Crippen LogP contribution is 2.34. The lowest BCUT2D eigenvalue weighted by atomic mass is 10.1. The molecule has 0 saturated heterocycles. The summed E-state index contributed by atoms with van der Waals surface area (Å²) in [5.74, 6) is 1.47. The Morgan fingerprint density at radius 1 is 1.06 bits per heavy atom. The Morgan fingerprint density at radius 3 is 2.72 bits per heavy atom. The minimum atomic E-state index is -0.401. The number of aromatic nitrogens is 2. The van der Waals surface area contributed by atoms with Crippen LogP contribution in [0.4, 0.5) is 17.1 Å². The number of rotatable bonds is 5. The van der Waals surface area contributed by atoms with E-state index in [9.17, 15) is 10.1 Å². The lowest BCUT2D eigenvalue weighted by Crippen LogP contribution is -2.09. The first kappa shape index (κ1) is 20.0. The monoisotopic (exact) mass is 446 g/mol. The van der Waals surface area contributed by atoms with Gasteiger partial charge in [-0.05, 0) is 60.9 Å². The lowest BCUT2D eigenvalue weighted by molar-refractivity contribution is -0.384. The molecule has 0 radical (unpaired) electrons. The summed E-state index contributed by atoms with van der Waals surface area (Å²) in [5, 5.41) is 16.6. The summed E-state index contributed by atoms with van der Waals surface area (Å²) in [4.78, 5) is 12.6. The van der Waals surface area contributed by atoms with Gasteiger partial charge in [0.15, 0.2) is 11.5 Å². The average Bonchev–Trinajstić information content (AvgIpc) is 3.40. The topological polar surface area (TPSA) is 82.7 Å². The highest BCUT2D eigenvalue weighted by Gasteiger charge is 2.14. The number of non-ortho nitro benzene ring substituents is 1. The predicted molar refractivity (Wildman–Crippen MR) is 127 cm³/mol. The molecule has 0 atom stereocenters. The maximum Gasteiger partial charge on any atom is 0.271 e. The Hall–Kier alpha value is -3.98. The fraction of sp³-hybridized carbons (Fsp3) is 0.0870. The van der Waals surface area contributed by atoms with E-state index in [-0.39, 0.29) is 12.5 Å². The first-order chi connectivity index (χ1) is 15.5. The zero-order valence-corrected chi connectivity index (χ0v) is 17.9. The molecule has 0 unspecified atom stereocenters. The minimum absolute atomic E-state index is 0.0469. The van der Waals surface area contributed by atoms with Crippen molar-refractivity contribution in [3.63, 3.8) is 0 Å². The first-order valence-corrected chi connectivity index (χ1v) is 10.2. The highest BCUT2D eigenvalue weighted by atomic mass is 32.1. The summed E-state index contributed by atoms with van der Waals surface area (Å²) in [5.41, 5.74) is 4.20. The molecule has 2 heterocycles. The molecule has 0 bridgehead atoms.